The number of methoxy groups -OCH3 is 2. The Balaban J connectivity index is 2.32. The van der Waals surface area contributed by atoms with Gasteiger partial charge in [0.25, 0.3) is 0 Å². The monoisotopic (exact) mass is 469 g/mol. The van der Waals surface area contributed by atoms with E-state index in [9.17, 15) is 4.79 Å². The van der Waals surface area contributed by atoms with Crippen LogP contribution in [0.1, 0.15) is 11.1 Å². The van der Waals surface area contributed by atoms with Gasteiger partial charge < -0.3 is 14.2 Å². The van der Waals surface area contributed by atoms with E-state index in [0.717, 1.165) is 5.56 Å². The van der Waals surface area contributed by atoms with Gasteiger partial charge in [-0.25, -0.2) is 4.79 Å². The summed E-state index contributed by atoms with van der Waals surface area (Å²) in [5, 5.41) is 10.1. The molecule has 0 heterocycles. The quantitative estimate of drug-likeness (QED) is 0.320. The Morgan fingerprint density at radius 1 is 1.26 bits per heavy atom. The fraction of sp³-hybridized carbons (Fsp3) is 0.158. The summed E-state index contributed by atoms with van der Waals surface area (Å²) in [7, 11) is 2.70. The summed E-state index contributed by atoms with van der Waals surface area (Å²) in [4.78, 5) is 11.6. The van der Waals surface area contributed by atoms with Crippen LogP contribution in [0.15, 0.2) is 40.4 Å². The maximum Gasteiger partial charge on any atom is 0.348 e. The van der Waals surface area contributed by atoms with Crippen molar-refractivity contribution in [3.05, 3.63) is 61.5 Å². The molecule has 8 heteroatoms. The molecule has 0 saturated heterocycles. The van der Waals surface area contributed by atoms with E-state index < -0.39 is 5.97 Å². The second-order valence-corrected chi connectivity index (χ2v) is 6.92. The molecule has 2 aromatic rings. The topological polar surface area (TPSA) is 68.6 Å². The molecular weight excluding hydrogens is 457 g/mol. The molecule has 0 bridgehead atoms. The Labute approximate surface area is 175 Å². The SMILES string of the molecule is COC(=O)C(C#N)=Cc1cc(Br)c(OCc2ccc(Cl)cc2Cl)c(OC)c1. The number of carbonyl (C=O) groups is 1. The summed E-state index contributed by atoms with van der Waals surface area (Å²) in [5.41, 5.74) is 1.20. The Morgan fingerprint density at radius 2 is 2.00 bits per heavy atom. The average molecular weight is 471 g/mol. The van der Waals surface area contributed by atoms with E-state index in [0.29, 0.717) is 31.6 Å². The summed E-state index contributed by atoms with van der Waals surface area (Å²) in [6.45, 7) is 0.200. The van der Waals surface area contributed by atoms with E-state index in [2.05, 4.69) is 20.7 Å². The van der Waals surface area contributed by atoms with E-state index in [4.69, 9.17) is 37.9 Å². The van der Waals surface area contributed by atoms with E-state index in [-0.39, 0.29) is 12.2 Å². The van der Waals surface area contributed by atoms with Crippen molar-refractivity contribution >= 4 is 51.2 Å². The van der Waals surface area contributed by atoms with Gasteiger partial charge in [0.05, 0.1) is 18.7 Å². The first-order chi connectivity index (χ1) is 12.9. The number of rotatable bonds is 6. The lowest BCUT2D eigenvalue weighted by Gasteiger charge is -2.14. The van der Waals surface area contributed by atoms with Crippen molar-refractivity contribution in [1.29, 1.82) is 5.26 Å². The van der Waals surface area contributed by atoms with Gasteiger partial charge in [0.2, 0.25) is 0 Å². The van der Waals surface area contributed by atoms with Gasteiger partial charge >= 0.3 is 5.97 Å². The lowest BCUT2D eigenvalue weighted by atomic mass is 10.1. The fourth-order valence-electron chi connectivity index (χ4n) is 2.17. The van der Waals surface area contributed by atoms with Gasteiger partial charge in [0.1, 0.15) is 18.2 Å². The maximum absolute atomic E-state index is 11.6. The fourth-order valence-corrected chi connectivity index (χ4v) is 3.20. The summed E-state index contributed by atoms with van der Waals surface area (Å²) in [6, 6.07) is 10.3. The maximum atomic E-state index is 11.6. The lowest BCUT2D eigenvalue weighted by molar-refractivity contribution is -0.135. The average Bonchev–Trinajstić information content (AvgIpc) is 2.65. The van der Waals surface area contributed by atoms with E-state index in [1.807, 2.05) is 0 Å². The van der Waals surface area contributed by atoms with Crippen molar-refractivity contribution in [2.45, 2.75) is 6.61 Å². The molecule has 0 aliphatic rings. The zero-order valence-corrected chi connectivity index (χ0v) is 17.5. The van der Waals surface area contributed by atoms with Crippen LogP contribution >= 0.6 is 39.1 Å². The Morgan fingerprint density at radius 3 is 2.59 bits per heavy atom. The van der Waals surface area contributed by atoms with Gasteiger partial charge in [-0.2, -0.15) is 5.26 Å². The second-order valence-electron chi connectivity index (χ2n) is 5.22. The van der Waals surface area contributed by atoms with Crippen LogP contribution in [-0.4, -0.2) is 20.2 Å². The molecule has 140 valence electrons. The van der Waals surface area contributed by atoms with Crippen molar-refractivity contribution in [1.82, 2.24) is 0 Å². The van der Waals surface area contributed by atoms with Gasteiger partial charge in [-0.3, -0.25) is 0 Å². The Hall–Kier alpha value is -2.20. The number of hydrogen-bond donors (Lipinski definition) is 0. The van der Waals surface area contributed by atoms with Crippen molar-refractivity contribution in [2.24, 2.45) is 0 Å². The lowest BCUT2D eigenvalue weighted by Crippen LogP contribution is -2.03. The molecule has 2 aromatic carbocycles. The number of ether oxygens (including phenoxy) is 3. The summed E-state index contributed by atoms with van der Waals surface area (Å²) >= 11 is 15.5. The number of nitrogens with zero attached hydrogens (tertiary/aromatic N) is 1. The van der Waals surface area contributed by atoms with Gasteiger partial charge in [0, 0.05) is 15.6 Å². The van der Waals surface area contributed by atoms with Crippen LogP contribution in [0.3, 0.4) is 0 Å². The molecule has 0 spiro atoms. The molecule has 0 aromatic heterocycles. The van der Waals surface area contributed by atoms with Gasteiger partial charge in [-0.15, -0.1) is 0 Å². The van der Waals surface area contributed by atoms with Crippen molar-refractivity contribution in [3.63, 3.8) is 0 Å². The van der Waals surface area contributed by atoms with E-state index >= 15 is 0 Å². The second kappa shape index (κ2) is 9.65. The summed E-state index contributed by atoms with van der Waals surface area (Å²) in [6.07, 6.45) is 1.40. The minimum absolute atomic E-state index is 0.131. The number of halogens is 3. The molecule has 2 rings (SSSR count). The highest BCUT2D eigenvalue weighted by Crippen LogP contribution is 2.38. The number of esters is 1. The number of carbonyl (C=O) groups excluding carboxylic acids is 1. The number of benzene rings is 2. The molecule has 0 amide bonds. The first kappa shape index (κ1) is 21.1. The molecule has 0 radical (unpaired) electrons. The molecule has 27 heavy (non-hydrogen) atoms. The van der Waals surface area contributed by atoms with Crippen LogP contribution in [-0.2, 0) is 16.1 Å². The standard InChI is InChI=1S/C19H14BrCl2NO4/c1-25-17-7-11(5-13(9-23)19(24)26-2)6-15(20)18(17)27-10-12-3-4-14(21)8-16(12)22/h3-8H,10H2,1-2H3. The van der Waals surface area contributed by atoms with Crippen LogP contribution in [0.25, 0.3) is 6.08 Å². The van der Waals surface area contributed by atoms with Crippen LogP contribution in [0, 0.1) is 11.3 Å². The van der Waals surface area contributed by atoms with E-state index in [1.54, 1.807) is 36.4 Å². The normalized spacial score (nSPS) is 10.9. The minimum Gasteiger partial charge on any atom is -0.493 e. The van der Waals surface area contributed by atoms with Crippen LogP contribution in [0.4, 0.5) is 0 Å². The zero-order valence-electron chi connectivity index (χ0n) is 14.4. The third kappa shape index (κ3) is 5.39. The number of nitriles is 1. The zero-order chi connectivity index (χ0) is 20.0. The van der Waals surface area contributed by atoms with Crippen LogP contribution < -0.4 is 9.47 Å². The van der Waals surface area contributed by atoms with Gasteiger partial charge in [-0.1, -0.05) is 29.3 Å². The molecular formula is C19H14BrCl2NO4. The van der Waals surface area contributed by atoms with Gasteiger partial charge in [0.15, 0.2) is 11.5 Å². The molecule has 0 saturated carbocycles. The predicted molar refractivity (Wildman–Crippen MR) is 107 cm³/mol. The highest BCUT2D eigenvalue weighted by atomic mass is 79.9. The Bertz CT molecular complexity index is 938. The van der Waals surface area contributed by atoms with Crippen LogP contribution in [0.5, 0.6) is 11.5 Å². The van der Waals surface area contributed by atoms with Crippen molar-refractivity contribution in [3.8, 4) is 17.6 Å². The largest absolute Gasteiger partial charge is 0.493 e. The summed E-state index contributed by atoms with van der Waals surface area (Å²) < 4.78 is 16.4. The van der Waals surface area contributed by atoms with Crippen molar-refractivity contribution in [2.75, 3.05) is 14.2 Å². The first-order valence-electron chi connectivity index (χ1n) is 7.54. The smallest absolute Gasteiger partial charge is 0.348 e. The van der Waals surface area contributed by atoms with Gasteiger partial charge in [-0.05, 0) is 51.8 Å². The van der Waals surface area contributed by atoms with E-state index in [1.165, 1.54) is 20.3 Å². The molecule has 5 nitrogen and oxygen atoms in total. The highest BCUT2D eigenvalue weighted by molar-refractivity contribution is 9.10. The first-order valence-corrected chi connectivity index (χ1v) is 9.08. The minimum atomic E-state index is -0.717. The molecule has 0 atom stereocenters. The van der Waals surface area contributed by atoms with Crippen molar-refractivity contribution < 1.29 is 19.0 Å². The molecule has 0 fully saturated rings. The molecule has 0 aliphatic heterocycles. The highest BCUT2D eigenvalue weighted by Gasteiger charge is 2.14. The van der Waals surface area contributed by atoms with Crippen LogP contribution in [0.2, 0.25) is 10.0 Å². The number of hydrogen-bond acceptors (Lipinski definition) is 5. The molecule has 0 N–H and O–H groups in total. The molecule has 0 aliphatic carbocycles. The molecule has 0 unspecified atom stereocenters. The summed E-state index contributed by atoms with van der Waals surface area (Å²) in [5.74, 6) is 0.158. The third-order valence-electron chi connectivity index (χ3n) is 3.48. The Kier molecular flexibility index (Phi) is 7.55. The predicted octanol–water partition coefficient (Wildman–Crippen LogP) is 5.42. The third-order valence-corrected chi connectivity index (χ3v) is 4.65.